The molecule has 8 heteroatoms. The monoisotopic (exact) mass is 310 g/mol. The summed E-state index contributed by atoms with van der Waals surface area (Å²) in [4.78, 5) is 11.6. The topological polar surface area (TPSA) is 64.3 Å². The van der Waals surface area contributed by atoms with Crippen LogP contribution in [0.1, 0.15) is 23.2 Å². The molecular formula is C12H14ClF3N2O2. The van der Waals surface area contributed by atoms with Crippen LogP contribution in [0.5, 0.6) is 0 Å². The first-order chi connectivity index (χ1) is 9.24. The van der Waals surface area contributed by atoms with Crippen LogP contribution in [0.15, 0.2) is 12.1 Å². The Balaban J connectivity index is 2.80. The molecule has 1 aromatic rings. The van der Waals surface area contributed by atoms with Crippen molar-refractivity contribution in [3.63, 3.8) is 0 Å². The van der Waals surface area contributed by atoms with Gasteiger partial charge in [-0.25, -0.2) is 4.79 Å². The number of ether oxygens (including phenoxy) is 1. The predicted octanol–water partition coefficient (Wildman–Crippen LogP) is 3.46. The van der Waals surface area contributed by atoms with E-state index < -0.39 is 18.6 Å². The minimum atomic E-state index is -4.21. The number of nitrogens with two attached hydrogens (primary N) is 1. The van der Waals surface area contributed by atoms with Crippen molar-refractivity contribution in [1.29, 1.82) is 0 Å². The summed E-state index contributed by atoms with van der Waals surface area (Å²) in [5, 5.41) is 2.86. The fraction of sp³-hybridized carbons (Fsp3) is 0.417. The Bertz CT molecular complexity index is 492. The Hall–Kier alpha value is -1.63. The smallest absolute Gasteiger partial charge is 0.389 e. The average Bonchev–Trinajstić information content (AvgIpc) is 2.33. The Morgan fingerprint density at radius 1 is 1.45 bits per heavy atom. The van der Waals surface area contributed by atoms with Crippen molar-refractivity contribution >= 4 is 28.9 Å². The van der Waals surface area contributed by atoms with Crippen LogP contribution >= 0.6 is 11.6 Å². The standard InChI is InChI=1S/C12H14ClF3N2O2/c1-20-11(19)8-5-7(17)6-9(13)10(8)18-4-2-3-12(14,15)16/h5-6,18H,2-4,17H2,1H3. The van der Waals surface area contributed by atoms with Gasteiger partial charge in [-0.1, -0.05) is 11.6 Å². The minimum Gasteiger partial charge on any atom is -0.465 e. The van der Waals surface area contributed by atoms with Crippen LogP contribution in [0.3, 0.4) is 0 Å². The Kier molecular flexibility index (Phi) is 5.50. The molecule has 0 heterocycles. The molecule has 1 rings (SSSR count). The quantitative estimate of drug-likeness (QED) is 0.496. The van der Waals surface area contributed by atoms with Gasteiger partial charge < -0.3 is 15.8 Å². The van der Waals surface area contributed by atoms with E-state index >= 15 is 0 Å². The van der Waals surface area contributed by atoms with Gasteiger partial charge in [0.15, 0.2) is 0 Å². The van der Waals surface area contributed by atoms with Gasteiger partial charge in [-0.05, 0) is 18.6 Å². The lowest BCUT2D eigenvalue weighted by molar-refractivity contribution is -0.134. The van der Waals surface area contributed by atoms with Crippen LogP contribution in [0.2, 0.25) is 5.02 Å². The Morgan fingerprint density at radius 2 is 2.10 bits per heavy atom. The van der Waals surface area contributed by atoms with Crippen LogP contribution in [-0.2, 0) is 4.74 Å². The maximum atomic E-state index is 12.0. The largest absolute Gasteiger partial charge is 0.465 e. The van der Waals surface area contributed by atoms with E-state index in [0.29, 0.717) is 0 Å². The number of hydrogen-bond donors (Lipinski definition) is 2. The molecule has 0 aromatic heterocycles. The number of alkyl halides is 3. The molecule has 0 bridgehead atoms. The first kappa shape index (κ1) is 16.4. The van der Waals surface area contributed by atoms with Gasteiger partial charge in [-0.3, -0.25) is 0 Å². The van der Waals surface area contributed by atoms with Crippen molar-refractivity contribution in [1.82, 2.24) is 0 Å². The summed E-state index contributed by atoms with van der Waals surface area (Å²) in [5.41, 5.74) is 6.13. The van der Waals surface area contributed by atoms with Crippen molar-refractivity contribution in [2.24, 2.45) is 0 Å². The number of benzene rings is 1. The minimum absolute atomic E-state index is 0.0210. The van der Waals surface area contributed by atoms with Gasteiger partial charge in [0, 0.05) is 18.7 Å². The van der Waals surface area contributed by atoms with Gasteiger partial charge in [-0.2, -0.15) is 13.2 Å². The summed E-state index contributed by atoms with van der Waals surface area (Å²) >= 11 is 5.93. The van der Waals surface area contributed by atoms with Crippen molar-refractivity contribution in [2.45, 2.75) is 19.0 Å². The van der Waals surface area contributed by atoms with E-state index in [1.54, 1.807) is 0 Å². The SMILES string of the molecule is COC(=O)c1cc(N)cc(Cl)c1NCCCC(F)(F)F. The van der Waals surface area contributed by atoms with Crippen LogP contribution in [0.25, 0.3) is 0 Å². The summed E-state index contributed by atoms with van der Waals surface area (Å²) in [6.45, 7) is 0.0210. The molecule has 3 N–H and O–H groups in total. The highest BCUT2D eigenvalue weighted by atomic mass is 35.5. The van der Waals surface area contributed by atoms with E-state index in [9.17, 15) is 18.0 Å². The van der Waals surface area contributed by atoms with E-state index in [0.717, 1.165) is 0 Å². The molecule has 0 aliphatic rings. The lowest BCUT2D eigenvalue weighted by Gasteiger charge is -2.14. The van der Waals surface area contributed by atoms with Crippen molar-refractivity contribution < 1.29 is 22.7 Å². The number of carbonyl (C=O) groups is 1. The maximum Gasteiger partial charge on any atom is 0.389 e. The summed E-state index contributed by atoms with van der Waals surface area (Å²) in [6, 6.07) is 2.75. The van der Waals surface area contributed by atoms with Gasteiger partial charge in [0.1, 0.15) is 0 Å². The average molecular weight is 311 g/mol. The molecule has 0 unspecified atom stereocenters. The molecular weight excluding hydrogens is 297 g/mol. The van der Waals surface area contributed by atoms with Crippen LogP contribution in [0, 0.1) is 0 Å². The molecule has 0 fully saturated rings. The molecule has 0 aliphatic carbocycles. The molecule has 1 aromatic carbocycles. The fourth-order valence-corrected chi connectivity index (χ4v) is 1.88. The molecule has 0 atom stereocenters. The number of methoxy groups -OCH3 is 1. The lowest BCUT2D eigenvalue weighted by Crippen LogP contribution is -2.13. The number of esters is 1. The van der Waals surface area contributed by atoms with Crippen molar-refractivity contribution in [3.05, 3.63) is 22.7 Å². The summed E-state index contributed by atoms with van der Waals surface area (Å²) < 4.78 is 40.7. The lowest BCUT2D eigenvalue weighted by atomic mass is 10.1. The molecule has 0 saturated heterocycles. The Morgan fingerprint density at radius 3 is 2.65 bits per heavy atom. The van der Waals surface area contributed by atoms with Crippen molar-refractivity contribution in [2.75, 3.05) is 24.7 Å². The summed E-state index contributed by atoms with van der Waals surface area (Å²) in [5.74, 6) is -0.669. The predicted molar refractivity (Wildman–Crippen MR) is 71.0 cm³/mol. The molecule has 4 nitrogen and oxygen atoms in total. The molecule has 112 valence electrons. The molecule has 0 amide bonds. The van der Waals surface area contributed by atoms with Crippen LogP contribution in [-0.4, -0.2) is 25.8 Å². The van der Waals surface area contributed by atoms with Gasteiger partial charge in [0.2, 0.25) is 0 Å². The highest BCUT2D eigenvalue weighted by molar-refractivity contribution is 6.34. The van der Waals surface area contributed by atoms with Crippen molar-refractivity contribution in [3.8, 4) is 0 Å². The number of nitrogens with one attached hydrogen (secondary N) is 1. The van der Waals surface area contributed by atoms with Crippen LogP contribution in [0.4, 0.5) is 24.5 Å². The zero-order valence-electron chi connectivity index (χ0n) is 10.7. The van der Waals surface area contributed by atoms with Crippen LogP contribution < -0.4 is 11.1 Å². The van der Waals surface area contributed by atoms with E-state index in [1.165, 1.54) is 19.2 Å². The zero-order chi connectivity index (χ0) is 15.3. The highest BCUT2D eigenvalue weighted by Gasteiger charge is 2.26. The maximum absolute atomic E-state index is 12.0. The van der Waals surface area contributed by atoms with Gasteiger partial charge in [0.25, 0.3) is 0 Å². The number of nitrogen functional groups attached to an aromatic ring is 1. The number of carbonyl (C=O) groups excluding carboxylic acids is 1. The van der Waals surface area contributed by atoms with Gasteiger partial charge in [-0.15, -0.1) is 0 Å². The number of hydrogen-bond acceptors (Lipinski definition) is 4. The van der Waals surface area contributed by atoms with Gasteiger partial charge in [0.05, 0.1) is 23.4 Å². The van der Waals surface area contributed by atoms with E-state index in [4.69, 9.17) is 17.3 Å². The van der Waals surface area contributed by atoms with E-state index in [2.05, 4.69) is 10.1 Å². The Labute approximate surface area is 119 Å². The fourth-order valence-electron chi connectivity index (χ4n) is 1.58. The third-order valence-electron chi connectivity index (χ3n) is 2.46. The molecule has 0 spiro atoms. The second kappa shape index (κ2) is 6.69. The third-order valence-corrected chi connectivity index (χ3v) is 2.75. The first-order valence-corrected chi connectivity index (χ1v) is 6.10. The molecule has 0 saturated carbocycles. The summed E-state index contributed by atoms with van der Waals surface area (Å²) in [6.07, 6.45) is -5.26. The van der Waals surface area contributed by atoms with E-state index in [1.807, 2.05) is 0 Å². The second-order valence-electron chi connectivity index (χ2n) is 4.06. The van der Waals surface area contributed by atoms with E-state index in [-0.39, 0.29) is 34.9 Å². The number of halogens is 4. The molecule has 20 heavy (non-hydrogen) atoms. The highest BCUT2D eigenvalue weighted by Crippen LogP contribution is 2.30. The third kappa shape index (κ3) is 4.80. The molecule has 0 radical (unpaired) electrons. The number of anilines is 2. The summed E-state index contributed by atoms with van der Waals surface area (Å²) in [7, 11) is 1.19. The zero-order valence-corrected chi connectivity index (χ0v) is 11.4. The first-order valence-electron chi connectivity index (χ1n) is 5.72. The molecule has 0 aliphatic heterocycles. The number of rotatable bonds is 5. The van der Waals surface area contributed by atoms with Gasteiger partial charge >= 0.3 is 12.1 Å². The normalized spacial score (nSPS) is 11.2. The second-order valence-corrected chi connectivity index (χ2v) is 4.47.